The van der Waals surface area contributed by atoms with Crippen molar-refractivity contribution < 1.29 is 0 Å². The molecule has 108 valence electrons. The summed E-state index contributed by atoms with van der Waals surface area (Å²) < 4.78 is 0. The van der Waals surface area contributed by atoms with Crippen molar-refractivity contribution in [3.8, 4) is 11.4 Å². The van der Waals surface area contributed by atoms with E-state index in [0.29, 0.717) is 0 Å². The maximum atomic E-state index is 4.84. The lowest BCUT2D eigenvalue weighted by Gasteiger charge is -2.39. The first-order valence-electron chi connectivity index (χ1n) is 6.91. The monoisotopic (exact) mass is 308 g/mol. The minimum absolute atomic E-state index is 0.00389. The maximum Gasteiger partial charge on any atom is 0.113 e. The van der Waals surface area contributed by atoms with E-state index in [0.717, 1.165) is 42.6 Å². The molecule has 1 aliphatic heterocycles. The van der Waals surface area contributed by atoms with Crippen LogP contribution in [-0.4, -0.2) is 41.0 Å². The molecule has 0 amide bonds. The van der Waals surface area contributed by atoms with Gasteiger partial charge in [0.25, 0.3) is 0 Å². The molecule has 0 unspecified atom stereocenters. The number of nitrogens with one attached hydrogen (secondary N) is 1. The number of hydrogen-bond acceptors (Lipinski definition) is 6. The van der Waals surface area contributed by atoms with E-state index < -0.39 is 0 Å². The second-order valence-corrected chi connectivity index (χ2v) is 7.51. The smallest absolute Gasteiger partial charge is 0.113 e. The van der Waals surface area contributed by atoms with Crippen LogP contribution in [0.25, 0.3) is 11.4 Å². The summed E-state index contributed by atoms with van der Waals surface area (Å²) in [6, 6.07) is 0. The van der Waals surface area contributed by atoms with Crippen molar-refractivity contribution in [1.29, 1.82) is 0 Å². The second-order valence-electron chi connectivity index (χ2n) is 5.59. The Hall–Kier alpha value is -0.820. The minimum Gasteiger partial charge on any atom is -0.314 e. The van der Waals surface area contributed by atoms with Crippen LogP contribution in [0.4, 0.5) is 0 Å². The molecule has 6 heteroatoms. The summed E-state index contributed by atoms with van der Waals surface area (Å²) in [5.74, 6) is 0. The first-order valence-corrected chi connectivity index (χ1v) is 8.67. The van der Waals surface area contributed by atoms with Crippen LogP contribution in [0.2, 0.25) is 0 Å². The zero-order chi connectivity index (χ0) is 14.2. The van der Waals surface area contributed by atoms with Crippen molar-refractivity contribution in [2.45, 2.75) is 26.3 Å². The van der Waals surface area contributed by atoms with Crippen LogP contribution in [-0.2, 0) is 5.54 Å². The predicted molar refractivity (Wildman–Crippen MR) is 85.4 cm³/mol. The van der Waals surface area contributed by atoms with Crippen LogP contribution < -0.4 is 5.32 Å². The molecule has 0 aliphatic carbocycles. The van der Waals surface area contributed by atoms with Crippen molar-refractivity contribution in [2.75, 3.05) is 26.2 Å². The zero-order valence-electron chi connectivity index (χ0n) is 12.1. The Morgan fingerprint density at radius 2 is 1.75 bits per heavy atom. The molecule has 0 radical (unpaired) electrons. The molecule has 1 N–H and O–H groups in total. The van der Waals surface area contributed by atoms with Gasteiger partial charge in [-0.3, -0.25) is 4.90 Å². The molecule has 1 saturated heterocycles. The van der Waals surface area contributed by atoms with Crippen molar-refractivity contribution >= 4 is 22.7 Å². The van der Waals surface area contributed by atoms with Crippen molar-refractivity contribution in [3.63, 3.8) is 0 Å². The summed E-state index contributed by atoms with van der Waals surface area (Å²) >= 11 is 3.42. The Bertz CT molecular complexity index is 582. The van der Waals surface area contributed by atoms with Gasteiger partial charge in [-0.1, -0.05) is 0 Å². The Morgan fingerprint density at radius 3 is 2.40 bits per heavy atom. The molecule has 0 spiro atoms. The van der Waals surface area contributed by atoms with Gasteiger partial charge < -0.3 is 5.32 Å². The molecule has 0 atom stereocenters. The minimum atomic E-state index is -0.00389. The molecular weight excluding hydrogens is 288 g/mol. The van der Waals surface area contributed by atoms with Crippen molar-refractivity contribution in [2.24, 2.45) is 0 Å². The van der Waals surface area contributed by atoms with Gasteiger partial charge in [0.1, 0.15) is 16.4 Å². The van der Waals surface area contributed by atoms with Gasteiger partial charge in [-0.15, -0.1) is 22.7 Å². The third kappa shape index (κ3) is 2.65. The van der Waals surface area contributed by atoms with Crippen LogP contribution in [0.5, 0.6) is 0 Å². The molecule has 3 heterocycles. The summed E-state index contributed by atoms with van der Waals surface area (Å²) in [6.45, 7) is 10.9. The Morgan fingerprint density at radius 1 is 1.10 bits per heavy atom. The fourth-order valence-corrected chi connectivity index (χ4v) is 4.08. The van der Waals surface area contributed by atoms with E-state index in [4.69, 9.17) is 4.98 Å². The third-order valence-electron chi connectivity index (χ3n) is 3.82. The highest BCUT2D eigenvalue weighted by Gasteiger charge is 2.32. The Balaban J connectivity index is 1.85. The zero-order valence-corrected chi connectivity index (χ0v) is 13.8. The molecule has 20 heavy (non-hydrogen) atoms. The summed E-state index contributed by atoms with van der Waals surface area (Å²) in [5, 5.41) is 9.90. The van der Waals surface area contributed by atoms with Gasteiger partial charge in [0, 0.05) is 36.9 Å². The summed E-state index contributed by atoms with van der Waals surface area (Å²) in [5.41, 5.74) is 2.01. The Kier molecular flexibility index (Phi) is 3.90. The van der Waals surface area contributed by atoms with Crippen LogP contribution in [0.15, 0.2) is 10.8 Å². The van der Waals surface area contributed by atoms with E-state index in [1.165, 1.54) is 5.01 Å². The van der Waals surface area contributed by atoms with Crippen LogP contribution in [0.1, 0.15) is 23.9 Å². The first kappa shape index (κ1) is 14.1. The molecule has 2 aromatic rings. The van der Waals surface area contributed by atoms with Gasteiger partial charge in [-0.2, -0.15) is 0 Å². The van der Waals surface area contributed by atoms with Gasteiger partial charge in [0.05, 0.1) is 10.5 Å². The Labute approximate surface area is 127 Å². The summed E-state index contributed by atoms with van der Waals surface area (Å²) in [7, 11) is 0. The number of aromatic nitrogens is 2. The third-order valence-corrected chi connectivity index (χ3v) is 5.75. The molecule has 3 rings (SSSR count). The van der Waals surface area contributed by atoms with Gasteiger partial charge in [0.2, 0.25) is 0 Å². The van der Waals surface area contributed by atoms with Crippen molar-refractivity contribution in [1.82, 2.24) is 20.2 Å². The average Bonchev–Trinajstić information content (AvgIpc) is 3.08. The van der Waals surface area contributed by atoms with Crippen molar-refractivity contribution in [3.05, 3.63) is 20.8 Å². The average molecular weight is 308 g/mol. The molecule has 0 bridgehead atoms. The fourth-order valence-electron chi connectivity index (χ4n) is 2.51. The molecule has 0 aromatic carbocycles. The fraction of sp³-hybridized carbons (Fsp3) is 0.571. The standard InChI is InChI=1S/C14H20N4S2/c1-10-16-11(8-19-10)12-9-20-13(17-12)14(2,3)18-6-4-15-5-7-18/h8-9,15H,4-7H2,1-3H3. The van der Waals surface area contributed by atoms with E-state index in [1.54, 1.807) is 22.7 Å². The highest BCUT2D eigenvalue weighted by molar-refractivity contribution is 7.10. The molecule has 0 saturated carbocycles. The highest BCUT2D eigenvalue weighted by atomic mass is 32.1. The van der Waals surface area contributed by atoms with E-state index >= 15 is 0 Å². The van der Waals surface area contributed by atoms with Crippen LogP contribution in [0, 0.1) is 6.92 Å². The van der Waals surface area contributed by atoms with Gasteiger partial charge >= 0.3 is 0 Å². The number of aryl methyl sites for hydroxylation is 1. The van der Waals surface area contributed by atoms with Gasteiger partial charge in [0.15, 0.2) is 0 Å². The molecule has 4 nitrogen and oxygen atoms in total. The van der Waals surface area contributed by atoms with E-state index in [2.05, 4.69) is 39.8 Å². The van der Waals surface area contributed by atoms with Gasteiger partial charge in [-0.25, -0.2) is 9.97 Å². The van der Waals surface area contributed by atoms with E-state index in [-0.39, 0.29) is 5.54 Å². The number of rotatable bonds is 3. The quantitative estimate of drug-likeness (QED) is 0.946. The summed E-state index contributed by atoms with van der Waals surface area (Å²) in [4.78, 5) is 11.9. The number of piperazine rings is 1. The first-order chi connectivity index (χ1) is 9.57. The van der Waals surface area contributed by atoms with Crippen LogP contribution in [0.3, 0.4) is 0 Å². The van der Waals surface area contributed by atoms with E-state index in [1.807, 2.05) is 6.92 Å². The SMILES string of the molecule is Cc1nc(-c2csc(C(C)(C)N3CCNCC3)n2)cs1. The predicted octanol–water partition coefficient (Wildman–Crippen LogP) is 2.72. The highest BCUT2D eigenvalue weighted by Crippen LogP contribution is 2.33. The lowest BCUT2D eigenvalue weighted by atomic mass is 10.0. The molecule has 2 aromatic heterocycles. The lowest BCUT2D eigenvalue weighted by Crippen LogP contribution is -2.51. The topological polar surface area (TPSA) is 41.1 Å². The van der Waals surface area contributed by atoms with E-state index in [9.17, 15) is 0 Å². The maximum absolute atomic E-state index is 4.84. The summed E-state index contributed by atoms with van der Waals surface area (Å²) in [6.07, 6.45) is 0. The second kappa shape index (κ2) is 5.52. The molecule has 1 aliphatic rings. The number of hydrogen-bond donors (Lipinski definition) is 1. The van der Waals surface area contributed by atoms with Gasteiger partial charge in [-0.05, 0) is 20.8 Å². The number of thiazole rings is 2. The molecular formula is C14H20N4S2. The largest absolute Gasteiger partial charge is 0.314 e. The normalized spacial score (nSPS) is 17.6. The number of nitrogens with zero attached hydrogens (tertiary/aromatic N) is 3. The molecule has 1 fully saturated rings. The lowest BCUT2D eigenvalue weighted by molar-refractivity contribution is 0.102. The van der Waals surface area contributed by atoms with Crippen LogP contribution >= 0.6 is 22.7 Å².